The van der Waals surface area contributed by atoms with Gasteiger partial charge in [0.15, 0.2) is 0 Å². The molecule has 3 aromatic rings. The van der Waals surface area contributed by atoms with E-state index in [1.807, 2.05) is 38.1 Å². The molecule has 32 heavy (non-hydrogen) atoms. The molecule has 6 nitrogen and oxygen atoms in total. The fourth-order valence-electron chi connectivity index (χ4n) is 3.35. The van der Waals surface area contributed by atoms with E-state index in [1.165, 1.54) is 0 Å². The average molecular weight is 430 g/mol. The molecule has 0 aliphatic rings. The predicted octanol–water partition coefficient (Wildman–Crippen LogP) is 4.28. The molecule has 0 saturated carbocycles. The molecule has 1 unspecified atom stereocenters. The number of carbonyl (C=O) groups is 3. The molecule has 0 aliphatic carbocycles. The third kappa shape index (κ3) is 5.60. The van der Waals surface area contributed by atoms with E-state index < -0.39 is 6.04 Å². The lowest BCUT2D eigenvalue weighted by molar-refractivity contribution is -0.118. The second-order valence-electron chi connectivity index (χ2n) is 7.23. The Labute approximate surface area is 188 Å². The predicted molar refractivity (Wildman–Crippen MR) is 125 cm³/mol. The van der Waals surface area contributed by atoms with Crippen molar-refractivity contribution in [2.45, 2.75) is 19.9 Å². The molecule has 3 amide bonds. The smallest absolute Gasteiger partial charge is 0.253 e. The fourth-order valence-corrected chi connectivity index (χ4v) is 3.35. The van der Waals surface area contributed by atoms with Gasteiger partial charge in [0, 0.05) is 29.9 Å². The third-order valence-corrected chi connectivity index (χ3v) is 5.16. The van der Waals surface area contributed by atoms with Crippen molar-refractivity contribution in [1.82, 2.24) is 10.2 Å². The van der Waals surface area contributed by atoms with Gasteiger partial charge in [0.25, 0.3) is 17.7 Å². The van der Waals surface area contributed by atoms with Gasteiger partial charge in [0.1, 0.15) is 6.04 Å². The maximum absolute atomic E-state index is 13.1. The zero-order valence-electron chi connectivity index (χ0n) is 18.2. The zero-order chi connectivity index (χ0) is 22.9. The van der Waals surface area contributed by atoms with Gasteiger partial charge in [-0.25, -0.2) is 0 Å². The molecule has 0 saturated heterocycles. The number of nitrogens with zero attached hydrogens (tertiary/aromatic N) is 1. The molecule has 6 heteroatoms. The maximum Gasteiger partial charge on any atom is 0.253 e. The van der Waals surface area contributed by atoms with Crippen molar-refractivity contribution < 1.29 is 14.4 Å². The monoisotopic (exact) mass is 429 g/mol. The number of benzene rings is 3. The number of hydrogen-bond donors (Lipinski definition) is 2. The minimum absolute atomic E-state index is 0.0508. The molecule has 164 valence electrons. The van der Waals surface area contributed by atoms with Crippen molar-refractivity contribution in [2.75, 3.05) is 18.4 Å². The van der Waals surface area contributed by atoms with E-state index in [0.717, 1.165) is 0 Å². The lowest BCUT2D eigenvalue weighted by Gasteiger charge is -2.20. The molecule has 0 spiro atoms. The average Bonchev–Trinajstić information content (AvgIpc) is 2.84. The quantitative estimate of drug-likeness (QED) is 0.561. The normalized spacial score (nSPS) is 11.3. The van der Waals surface area contributed by atoms with E-state index in [9.17, 15) is 14.4 Å². The minimum atomic E-state index is -0.874. The first-order valence-corrected chi connectivity index (χ1v) is 10.6. The first-order valence-electron chi connectivity index (χ1n) is 10.6. The number of amides is 3. The van der Waals surface area contributed by atoms with Gasteiger partial charge in [-0.3, -0.25) is 14.4 Å². The van der Waals surface area contributed by atoms with Crippen molar-refractivity contribution in [2.24, 2.45) is 0 Å². The van der Waals surface area contributed by atoms with E-state index in [0.29, 0.717) is 35.5 Å². The molecular formula is C26H27N3O3. The third-order valence-electron chi connectivity index (χ3n) is 5.16. The number of carbonyl (C=O) groups excluding carboxylic acids is 3. The van der Waals surface area contributed by atoms with Crippen molar-refractivity contribution in [1.29, 1.82) is 0 Å². The van der Waals surface area contributed by atoms with Crippen LogP contribution in [-0.2, 0) is 4.79 Å². The molecule has 3 rings (SSSR count). The standard InChI is InChI=1S/C26H27N3O3/c1-3-29(4-2)26(32)21-15-17-22(18-16-21)27-25(31)23(19-11-7-5-8-12-19)28-24(30)20-13-9-6-10-14-20/h5-18,23H,3-4H2,1-2H3,(H,27,31)(H,28,30). The van der Waals surface area contributed by atoms with Gasteiger partial charge in [-0.05, 0) is 55.8 Å². The first-order chi connectivity index (χ1) is 15.5. The summed E-state index contributed by atoms with van der Waals surface area (Å²) in [6.45, 7) is 5.13. The Morgan fingerprint density at radius 2 is 1.31 bits per heavy atom. The van der Waals surface area contributed by atoms with Gasteiger partial charge in [-0.1, -0.05) is 48.5 Å². The van der Waals surface area contributed by atoms with Crippen molar-refractivity contribution in [3.05, 3.63) is 102 Å². The molecule has 0 fully saturated rings. The van der Waals surface area contributed by atoms with Crippen LogP contribution in [0.2, 0.25) is 0 Å². The van der Waals surface area contributed by atoms with Crippen LogP contribution in [0.4, 0.5) is 5.69 Å². The summed E-state index contributed by atoms with van der Waals surface area (Å²) in [4.78, 5) is 40.0. The highest BCUT2D eigenvalue weighted by Crippen LogP contribution is 2.18. The fraction of sp³-hybridized carbons (Fsp3) is 0.192. The van der Waals surface area contributed by atoms with E-state index in [2.05, 4.69) is 10.6 Å². The number of nitrogens with one attached hydrogen (secondary N) is 2. The highest BCUT2D eigenvalue weighted by molar-refractivity contribution is 6.02. The van der Waals surface area contributed by atoms with Crippen LogP contribution < -0.4 is 10.6 Å². The summed E-state index contributed by atoms with van der Waals surface area (Å²) in [5.41, 5.74) is 2.24. The van der Waals surface area contributed by atoms with Gasteiger partial charge >= 0.3 is 0 Å². The zero-order valence-corrected chi connectivity index (χ0v) is 18.2. The number of rotatable bonds is 8. The van der Waals surface area contributed by atoms with Crippen LogP contribution >= 0.6 is 0 Å². The first kappa shape index (κ1) is 22.7. The highest BCUT2D eigenvalue weighted by atomic mass is 16.2. The Hall–Kier alpha value is -3.93. The van der Waals surface area contributed by atoms with Crippen molar-refractivity contribution in [3.63, 3.8) is 0 Å². The molecular weight excluding hydrogens is 402 g/mol. The van der Waals surface area contributed by atoms with Crippen molar-refractivity contribution >= 4 is 23.4 Å². The van der Waals surface area contributed by atoms with Crippen LogP contribution in [0.25, 0.3) is 0 Å². The van der Waals surface area contributed by atoms with Crippen LogP contribution in [0.1, 0.15) is 46.2 Å². The summed E-state index contributed by atoms with van der Waals surface area (Å²) >= 11 is 0. The topological polar surface area (TPSA) is 78.5 Å². The second-order valence-corrected chi connectivity index (χ2v) is 7.23. The largest absolute Gasteiger partial charge is 0.339 e. The Morgan fingerprint density at radius 3 is 1.88 bits per heavy atom. The van der Waals surface area contributed by atoms with E-state index in [1.54, 1.807) is 65.6 Å². The van der Waals surface area contributed by atoms with Crippen LogP contribution in [0, 0.1) is 0 Å². The Bertz CT molecular complexity index is 1050. The Balaban J connectivity index is 1.77. The van der Waals surface area contributed by atoms with Crippen molar-refractivity contribution in [3.8, 4) is 0 Å². The van der Waals surface area contributed by atoms with Crippen LogP contribution in [0.3, 0.4) is 0 Å². The summed E-state index contributed by atoms with van der Waals surface area (Å²) in [7, 11) is 0. The summed E-state index contributed by atoms with van der Waals surface area (Å²) < 4.78 is 0. The Morgan fingerprint density at radius 1 is 0.750 bits per heavy atom. The molecule has 0 aliphatic heterocycles. The SMILES string of the molecule is CCN(CC)C(=O)c1ccc(NC(=O)C(NC(=O)c2ccccc2)c2ccccc2)cc1. The van der Waals surface area contributed by atoms with Gasteiger partial charge in [0.2, 0.25) is 0 Å². The minimum Gasteiger partial charge on any atom is -0.339 e. The summed E-state index contributed by atoms with van der Waals surface area (Å²) in [6, 6.07) is 23.7. The van der Waals surface area contributed by atoms with Gasteiger partial charge in [-0.2, -0.15) is 0 Å². The van der Waals surface area contributed by atoms with E-state index >= 15 is 0 Å². The molecule has 1 atom stereocenters. The molecule has 3 aromatic carbocycles. The number of anilines is 1. The van der Waals surface area contributed by atoms with Crippen LogP contribution in [0.15, 0.2) is 84.9 Å². The lowest BCUT2D eigenvalue weighted by Crippen LogP contribution is -2.37. The van der Waals surface area contributed by atoms with Crippen LogP contribution in [-0.4, -0.2) is 35.7 Å². The van der Waals surface area contributed by atoms with Crippen LogP contribution in [0.5, 0.6) is 0 Å². The second kappa shape index (κ2) is 10.9. The maximum atomic E-state index is 13.1. The van der Waals surface area contributed by atoms with E-state index in [4.69, 9.17) is 0 Å². The van der Waals surface area contributed by atoms with Gasteiger partial charge in [-0.15, -0.1) is 0 Å². The highest BCUT2D eigenvalue weighted by Gasteiger charge is 2.23. The lowest BCUT2D eigenvalue weighted by atomic mass is 10.0. The molecule has 2 N–H and O–H groups in total. The summed E-state index contributed by atoms with van der Waals surface area (Å²) in [5, 5.41) is 5.66. The molecule has 0 aromatic heterocycles. The molecule has 0 radical (unpaired) electrons. The molecule has 0 heterocycles. The summed E-state index contributed by atoms with van der Waals surface area (Å²) in [6.07, 6.45) is 0. The molecule has 0 bridgehead atoms. The number of hydrogen-bond acceptors (Lipinski definition) is 3. The van der Waals surface area contributed by atoms with Gasteiger partial charge in [0.05, 0.1) is 0 Å². The Kier molecular flexibility index (Phi) is 7.75. The summed E-state index contributed by atoms with van der Waals surface area (Å²) in [5.74, 6) is -0.761. The van der Waals surface area contributed by atoms with Gasteiger partial charge < -0.3 is 15.5 Å². The van der Waals surface area contributed by atoms with E-state index in [-0.39, 0.29) is 17.7 Å².